The number of rotatable bonds is 4. The van der Waals surface area contributed by atoms with E-state index in [4.69, 9.17) is 0 Å². The molecule has 6 heteroatoms. The molecule has 0 N–H and O–H groups in total. The van der Waals surface area contributed by atoms with Gasteiger partial charge in [-0.2, -0.15) is 0 Å². The van der Waals surface area contributed by atoms with Gasteiger partial charge in [-0.25, -0.2) is 0 Å². The van der Waals surface area contributed by atoms with Crippen molar-refractivity contribution in [1.82, 2.24) is 0 Å². The van der Waals surface area contributed by atoms with E-state index < -0.39 is 44.6 Å². The molecule has 1 aliphatic rings. The molecule has 22 heavy (non-hydrogen) atoms. The van der Waals surface area contributed by atoms with Crippen LogP contribution in [0.2, 0.25) is 90.7 Å². The topological polar surface area (TPSA) is 0 Å². The summed E-state index contributed by atoms with van der Waals surface area (Å²) in [6, 6.07) is 3.35. The summed E-state index contributed by atoms with van der Waals surface area (Å²) in [6.45, 7) is 32.3. The van der Waals surface area contributed by atoms with Gasteiger partial charge in [0.15, 0.2) is 0 Å². The van der Waals surface area contributed by atoms with Crippen LogP contribution in [0, 0.1) is 0 Å². The van der Waals surface area contributed by atoms with Crippen LogP contribution < -0.4 is 0 Å². The second-order valence-corrected chi connectivity index (χ2v) is 67.0. The Bertz CT molecular complexity index is 369. The van der Waals surface area contributed by atoms with Crippen LogP contribution in [0.4, 0.5) is 0 Å². The number of hydrogen-bond donors (Lipinski definition) is 0. The van der Waals surface area contributed by atoms with Crippen LogP contribution in [0.5, 0.6) is 0 Å². The summed E-state index contributed by atoms with van der Waals surface area (Å²) in [6.07, 6.45) is 0. The van der Waals surface area contributed by atoms with Gasteiger partial charge in [-0.15, -0.1) is 11.4 Å². The molecule has 0 aromatic rings. The van der Waals surface area contributed by atoms with Gasteiger partial charge in [0.2, 0.25) is 0 Å². The van der Waals surface area contributed by atoms with Crippen molar-refractivity contribution in [3.8, 4) is 0 Å². The van der Waals surface area contributed by atoms with Gasteiger partial charge in [0, 0.05) is 30.4 Å². The Morgan fingerprint density at radius 1 is 0.455 bits per heavy atom. The highest BCUT2D eigenvalue weighted by Gasteiger charge is 2.60. The Labute approximate surface area is 146 Å². The molecule has 0 aliphatic carbocycles. The van der Waals surface area contributed by atoms with Crippen molar-refractivity contribution in [3.05, 3.63) is 11.4 Å². The lowest BCUT2D eigenvalue weighted by molar-refractivity contribution is 1.34. The maximum Gasteiger partial charge on any atom is 0.0634 e. The van der Waals surface area contributed by atoms with Crippen molar-refractivity contribution >= 4 is 44.6 Å². The summed E-state index contributed by atoms with van der Waals surface area (Å²) in [5, 5.41) is 0. The zero-order valence-corrected chi connectivity index (χ0v) is 23.6. The van der Waals surface area contributed by atoms with Crippen LogP contribution in [-0.2, 0) is 0 Å². The minimum Gasteiger partial charge on any atom is -0.107 e. The van der Waals surface area contributed by atoms with Crippen LogP contribution in [0.3, 0.4) is 0 Å². The van der Waals surface area contributed by atoms with Crippen molar-refractivity contribution in [1.29, 1.82) is 0 Å². The first-order valence-electron chi connectivity index (χ1n) is 9.12. The minimum atomic E-state index is -1.16. The molecule has 0 atom stereocenters. The van der Waals surface area contributed by atoms with Gasteiger partial charge in [-0.1, -0.05) is 90.7 Å². The average molecular weight is 403 g/mol. The summed E-state index contributed by atoms with van der Waals surface area (Å²) >= 11 is 0. The summed E-state index contributed by atoms with van der Waals surface area (Å²) in [4.78, 5) is 0. The molecule has 0 fully saturated rings. The largest absolute Gasteiger partial charge is 0.107 e. The zero-order valence-electron chi connectivity index (χ0n) is 17.6. The second-order valence-electron chi connectivity index (χ2n) is 11.8. The van der Waals surface area contributed by atoms with Crippen LogP contribution in [0.1, 0.15) is 0 Å². The van der Waals surface area contributed by atoms with Crippen molar-refractivity contribution in [3.63, 3.8) is 0 Å². The molecular formula is C16H42Si6. The van der Waals surface area contributed by atoms with E-state index in [1.165, 1.54) is 0 Å². The smallest absolute Gasteiger partial charge is 0.0634 e. The van der Waals surface area contributed by atoms with E-state index in [1.807, 2.05) is 0 Å². The Morgan fingerprint density at radius 3 is 0.727 bits per heavy atom. The third-order valence-electron chi connectivity index (χ3n) is 6.92. The van der Waals surface area contributed by atoms with Gasteiger partial charge in [0.1, 0.15) is 0 Å². The lowest BCUT2D eigenvalue weighted by Crippen LogP contribution is -2.77. The van der Waals surface area contributed by atoms with E-state index >= 15 is 0 Å². The molecule has 0 saturated heterocycles. The summed E-state index contributed by atoms with van der Waals surface area (Å²) < 4.78 is 0. The van der Waals surface area contributed by atoms with E-state index in [0.29, 0.717) is 0 Å². The van der Waals surface area contributed by atoms with Crippen LogP contribution in [-0.4, -0.2) is 44.6 Å². The van der Waals surface area contributed by atoms with E-state index in [9.17, 15) is 0 Å². The minimum absolute atomic E-state index is 1.06. The first-order valence-corrected chi connectivity index (χ1v) is 31.7. The van der Waals surface area contributed by atoms with Gasteiger partial charge in [0.25, 0.3) is 0 Å². The molecule has 130 valence electrons. The second kappa shape index (κ2) is 5.79. The third kappa shape index (κ3) is 3.24. The van der Waals surface area contributed by atoms with Crippen molar-refractivity contribution in [2.75, 3.05) is 0 Å². The predicted molar refractivity (Wildman–Crippen MR) is 124 cm³/mol. The van der Waals surface area contributed by atoms with Gasteiger partial charge in [-0.3, -0.25) is 0 Å². The Hall–Kier alpha value is 1.04. The highest BCUT2D eigenvalue weighted by Crippen LogP contribution is 2.45. The van der Waals surface area contributed by atoms with Gasteiger partial charge in [-0.05, 0) is 0 Å². The molecule has 0 spiro atoms. The molecule has 1 heterocycles. The molecule has 1 rings (SSSR count). The quantitative estimate of drug-likeness (QED) is 0.491. The highest BCUT2D eigenvalue weighted by atomic mass is 29.7. The first-order chi connectivity index (χ1) is 9.41. The van der Waals surface area contributed by atoms with Crippen molar-refractivity contribution in [2.24, 2.45) is 0 Å². The zero-order chi connectivity index (χ0) is 17.8. The fourth-order valence-corrected chi connectivity index (χ4v) is 97.4. The van der Waals surface area contributed by atoms with Gasteiger partial charge in [0.05, 0.1) is 14.2 Å². The van der Waals surface area contributed by atoms with Crippen molar-refractivity contribution < 1.29 is 0 Å². The first kappa shape index (κ1) is 21.1. The van der Waals surface area contributed by atoms with E-state index in [2.05, 4.69) is 90.0 Å². The lowest BCUT2D eigenvalue weighted by Gasteiger charge is -2.57. The molecule has 1 aliphatic heterocycles. The molecule has 0 unspecified atom stereocenters. The fraction of sp³-hybridized carbons (Fsp3) is 0.875. The molecule has 0 amide bonds. The Balaban J connectivity index is 3.52. The summed E-state index contributed by atoms with van der Waals surface area (Å²) in [5.41, 5.74) is 6.02. The molecular weight excluding hydrogens is 361 g/mol. The summed E-state index contributed by atoms with van der Waals surface area (Å²) in [7, 11) is -6.54. The molecule has 0 aromatic heterocycles. The van der Waals surface area contributed by atoms with Crippen LogP contribution in [0.15, 0.2) is 11.4 Å². The average Bonchev–Trinajstić information content (AvgIpc) is 2.22. The van der Waals surface area contributed by atoms with Crippen LogP contribution in [0.25, 0.3) is 0 Å². The maximum absolute atomic E-state index is 3.01. The van der Waals surface area contributed by atoms with E-state index in [-0.39, 0.29) is 0 Å². The van der Waals surface area contributed by atoms with E-state index in [0.717, 1.165) is 0 Å². The lowest BCUT2D eigenvalue weighted by atomic mass is 10.9. The monoisotopic (exact) mass is 402 g/mol. The van der Waals surface area contributed by atoms with Crippen LogP contribution >= 0.6 is 0 Å². The molecule has 0 radical (unpaired) electrons. The molecule has 0 aromatic carbocycles. The van der Waals surface area contributed by atoms with E-state index in [1.54, 1.807) is 12.1 Å². The SMILES string of the molecule is C[Si](C)(C)[Si]1([Si](C)(C)C)C=C[Si]([Si](C)(C)C)([Si](C)(C)C)CC1. The number of hydrogen-bond acceptors (Lipinski definition) is 0. The standard InChI is InChI=1S/C16H42Si6/c1-17(2,3)21(18(4,5)6)13-15-22(16-14-21,19(7,8)9)20(10,11)12/h13,15H,14,16H2,1-12H3. The maximum atomic E-state index is 3.01. The van der Waals surface area contributed by atoms with Gasteiger partial charge < -0.3 is 0 Å². The predicted octanol–water partition coefficient (Wildman–Crippen LogP) is 6.20. The molecule has 0 saturated carbocycles. The normalized spacial score (nSPS) is 22.7. The Kier molecular flexibility index (Phi) is 5.55. The van der Waals surface area contributed by atoms with Gasteiger partial charge >= 0.3 is 0 Å². The summed E-state index contributed by atoms with van der Waals surface area (Å²) in [5.74, 6) is 0. The van der Waals surface area contributed by atoms with Crippen molar-refractivity contribution in [2.45, 2.75) is 90.7 Å². The highest BCUT2D eigenvalue weighted by molar-refractivity contribution is 7.74. The fourth-order valence-electron chi connectivity index (χ4n) is 5.60. The molecule has 0 bridgehead atoms. The molecule has 0 nitrogen and oxygen atoms in total. The Morgan fingerprint density at radius 2 is 0.636 bits per heavy atom. The third-order valence-corrected chi connectivity index (χ3v) is 86.1.